The van der Waals surface area contributed by atoms with Crippen molar-refractivity contribution in [1.82, 2.24) is 5.32 Å². The molecule has 2 aromatic carbocycles. The van der Waals surface area contributed by atoms with Gasteiger partial charge in [-0.2, -0.15) is 0 Å². The van der Waals surface area contributed by atoms with Gasteiger partial charge in [-0.25, -0.2) is 4.39 Å². The maximum atomic E-state index is 13.2. The molecule has 3 rings (SSSR count). The molecular weight excluding hydrogens is 357 g/mol. The molecule has 1 saturated carbocycles. The first-order chi connectivity index (χ1) is 12.5. The van der Waals surface area contributed by atoms with Crippen LogP contribution in [0.25, 0.3) is 0 Å². The van der Waals surface area contributed by atoms with E-state index in [1.165, 1.54) is 18.2 Å². The number of hydrogen-bond acceptors (Lipinski definition) is 3. The van der Waals surface area contributed by atoms with Crippen molar-refractivity contribution >= 4 is 17.6 Å². The summed E-state index contributed by atoms with van der Waals surface area (Å²) >= 11 is 6.04. The zero-order valence-corrected chi connectivity index (χ0v) is 15.0. The van der Waals surface area contributed by atoms with Gasteiger partial charge >= 0.3 is 5.97 Å². The van der Waals surface area contributed by atoms with Crippen LogP contribution < -0.4 is 10.1 Å². The van der Waals surface area contributed by atoms with E-state index in [4.69, 9.17) is 21.4 Å². The highest BCUT2D eigenvalue weighted by Gasteiger charge is 2.25. The van der Waals surface area contributed by atoms with E-state index in [1.807, 2.05) is 24.3 Å². The van der Waals surface area contributed by atoms with Gasteiger partial charge in [0, 0.05) is 18.2 Å². The van der Waals surface area contributed by atoms with E-state index >= 15 is 0 Å². The Balaban J connectivity index is 1.62. The van der Waals surface area contributed by atoms with Crippen molar-refractivity contribution in [3.05, 3.63) is 58.9 Å². The Morgan fingerprint density at radius 2 is 1.88 bits per heavy atom. The molecule has 1 fully saturated rings. The van der Waals surface area contributed by atoms with Crippen molar-refractivity contribution < 1.29 is 19.0 Å². The number of carbonyl (C=O) groups is 1. The Hall–Kier alpha value is -2.11. The summed E-state index contributed by atoms with van der Waals surface area (Å²) in [5, 5.41) is 12.8. The van der Waals surface area contributed by atoms with Gasteiger partial charge in [0.2, 0.25) is 0 Å². The van der Waals surface area contributed by atoms with Gasteiger partial charge in [-0.05, 0) is 49.9 Å². The lowest BCUT2D eigenvalue weighted by Gasteiger charge is -2.27. The summed E-state index contributed by atoms with van der Waals surface area (Å²) in [5.41, 5.74) is 0.966. The van der Waals surface area contributed by atoms with Crippen molar-refractivity contribution in [3.63, 3.8) is 0 Å². The van der Waals surface area contributed by atoms with Crippen LogP contribution in [0, 0.1) is 11.7 Å². The van der Waals surface area contributed by atoms with E-state index in [0.717, 1.165) is 18.4 Å². The fourth-order valence-corrected chi connectivity index (χ4v) is 3.43. The molecule has 0 aromatic heterocycles. The molecule has 0 atom stereocenters. The fourth-order valence-electron chi connectivity index (χ4n) is 3.22. The molecule has 1 aliphatic carbocycles. The number of hydrogen-bond donors (Lipinski definition) is 2. The minimum atomic E-state index is -0.696. The number of ether oxygens (including phenoxy) is 1. The molecule has 0 aliphatic heterocycles. The summed E-state index contributed by atoms with van der Waals surface area (Å²) in [6, 6.07) is 11.9. The summed E-state index contributed by atoms with van der Waals surface area (Å²) in [5.74, 6) is -0.257. The predicted molar refractivity (Wildman–Crippen MR) is 98.1 cm³/mol. The molecule has 6 heteroatoms. The molecule has 0 spiro atoms. The molecule has 0 amide bonds. The van der Waals surface area contributed by atoms with Crippen LogP contribution in [0.3, 0.4) is 0 Å². The number of rotatable bonds is 6. The second-order valence-corrected chi connectivity index (χ2v) is 6.96. The van der Waals surface area contributed by atoms with Crippen LogP contribution in [0.15, 0.2) is 42.5 Å². The topological polar surface area (TPSA) is 58.6 Å². The number of para-hydroxylation sites is 1. The zero-order chi connectivity index (χ0) is 18.5. The van der Waals surface area contributed by atoms with Crippen LogP contribution in [0.5, 0.6) is 11.5 Å². The van der Waals surface area contributed by atoms with Crippen molar-refractivity contribution in [1.29, 1.82) is 0 Å². The smallest absolute Gasteiger partial charge is 0.306 e. The monoisotopic (exact) mass is 377 g/mol. The highest BCUT2D eigenvalue weighted by atomic mass is 35.5. The molecule has 1 aliphatic rings. The third kappa shape index (κ3) is 4.74. The Kier molecular flexibility index (Phi) is 6.12. The molecule has 0 radical (unpaired) electrons. The minimum absolute atomic E-state index is 0.218. The molecule has 138 valence electrons. The van der Waals surface area contributed by atoms with E-state index in [0.29, 0.717) is 36.9 Å². The molecule has 0 unspecified atom stereocenters. The zero-order valence-electron chi connectivity index (χ0n) is 14.3. The number of halogens is 2. The van der Waals surface area contributed by atoms with E-state index in [-0.39, 0.29) is 10.9 Å². The summed E-state index contributed by atoms with van der Waals surface area (Å²) in [4.78, 5) is 11.0. The number of benzene rings is 2. The van der Waals surface area contributed by atoms with E-state index < -0.39 is 11.8 Å². The SMILES string of the molecule is O=C(O)C1CCC(NCc2ccccc2Oc2ccc(F)cc2Cl)CC1. The van der Waals surface area contributed by atoms with Crippen LogP contribution in [0.1, 0.15) is 31.2 Å². The number of aliphatic carboxylic acids is 1. The highest BCUT2D eigenvalue weighted by Crippen LogP contribution is 2.32. The number of nitrogens with one attached hydrogen (secondary N) is 1. The molecule has 0 heterocycles. The first kappa shape index (κ1) is 18.7. The normalized spacial score (nSPS) is 19.9. The lowest BCUT2D eigenvalue weighted by Crippen LogP contribution is -2.34. The third-order valence-electron chi connectivity index (χ3n) is 4.74. The van der Waals surface area contributed by atoms with Crippen molar-refractivity contribution in [2.45, 2.75) is 38.3 Å². The highest BCUT2D eigenvalue weighted by molar-refractivity contribution is 6.32. The van der Waals surface area contributed by atoms with Crippen LogP contribution in [-0.4, -0.2) is 17.1 Å². The molecule has 2 aromatic rings. The second-order valence-electron chi connectivity index (χ2n) is 6.55. The molecular formula is C20H21ClFNO3. The summed E-state index contributed by atoms with van der Waals surface area (Å²) in [7, 11) is 0. The lowest BCUT2D eigenvalue weighted by atomic mass is 9.86. The Morgan fingerprint density at radius 1 is 1.15 bits per heavy atom. The maximum absolute atomic E-state index is 13.2. The minimum Gasteiger partial charge on any atom is -0.481 e. The van der Waals surface area contributed by atoms with Gasteiger partial charge in [-0.3, -0.25) is 4.79 Å². The average molecular weight is 378 g/mol. The van der Waals surface area contributed by atoms with E-state index in [9.17, 15) is 9.18 Å². The summed E-state index contributed by atoms with van der Waals surface area (Å²) in [6.07, 6.45) is 3.11. The van der Waals surface area contributed by atoms with Crippen LogP contribution in [-0.2, 0) is 11.3 Å². The van der Waals surface area contributed by atoms with E-state index in [1.54, 1.807) is 0 Å². The summed E-state index contributed by atoms with van der Waals surface area (Å²) in [6.45, 7) is 0.609. The maximum Gasteiger partial charge on any atom is 0.306 e. The van der Waals surface area contributed by atoms with Gasteiger partial charge in [0.05, 0.1) is 10.9 Å². The summed E-state index contributed by atoms with van der Waals surface area (Å²) < 4.78 is 19.1. The van der Waals surface area contributed by atoms with Gasteiger partial charge in [0.1, 0.15) is 17.3 Å². The molecule has 0 bridgehead atoms. The predicted octanol–water partition coefficient (Wildman–Crippen LogP) is 5.00. The second kappa shape index (κ2) is 8.52. The van der Waals surface area contributed by atoms with Gasteiger partial charge in [0.15, 0.2) is 0 Å². The van der Waals surface area contributed by atoms with Crippen LogP contribution in [0.4, 0.5) is 4.39 Å². The van der Waals surface area contributed by atoms with Gasteiger partial charge in [-0.1, -0.05) is 29.8 Å². The van der Waals surface area contributed by atoms with Crippen LogP contribution >= 0.6 is 11.6 Å². The largest absolute Gasteiger partial charge is 0.481 e. The van der Waals surface area contributed by atoms with Crippen molar-refractivity contribution in [2.75, 3.05) is 0 Å². The first-order valence-electron chi connectivity index (χ1n) is 8.70. The molecule has 0 saturated heterocycles. The fraction of sp³-hybridized carbons (Fsp3) is 0.350. The lowest BCUT2D eigenvalue weighted by molar-refractivity contribution is -0.142. The Morgan fingerprint density at radius 3 is 2.58 bits per heavy atom. The Labute approximate surface area is 156 Å². The Bertz CT molecular complexity index is 775. The van der Waals surface area contributed by atoms with E-state index in [2.05, 4.69) is 5.32 Å². The molecule has 4 nitrogen and oxygen atoms in total. The average Bonchev–Trinajstić information content (AvgIpc) is 2.63. The third-order valence-corrected chi connectivity index (χ3v) is 5.04. The van der Waals surface area contributed by atoms with Crippen molar-refractivity contribution in [2.24, 2.45) is 5.92 Å². The van der Waals surface area contributed by atoms with Crippen molar-refractivity contribution in [3.8, 4) is 11.5 Å². The van der Waals surface area contributed by atoms with Gasteiger partial charge < -0.3 is 15.2 Å². The standard InChI is InChI=1S/C20H21ClFNO3/c21-17-11-15(22)7-10-19(17)26-18-4-2-1-3-14(18)12-23-16-8-5-13(6-9-16)20(24)25/h1-4,7,10-11,13,16,23H,5-6,8-9,12H2,(H,24,25). The number of carboxylic acids is 1. The quantitative estimate of drug-likeness (QED) is 0.743. The molecule has 26 heavy (non-hydrogen) atoms. The molecule has 2 N–H and O–H groups in total. The number of carboxylic acid groups (broad SMARTS) is 1. The van der Waals surface area contributed by atoms with Crippen LogP contribution in [0.2, 0.25) is 5.02 Å². The first-order valence-corrected chi connectivity index (χ1v) is 9.07. The van der Waals surface area contributed by atoms with Gasteiger partial charge in [0.25, 0.3) is 0 Å². The van der Waals surface area contributed by atoms with Gasteiger partial charge in [-0.15, -0.1) is 0 Å².